The normalized spacial score (nSPS) is 9.68. The maximum absolute atomic E-state index is 2.18. The molecule has 0 aromatic heterocycles. The molecule has 0 N–H and O–H groups in total. The minimum Gasteiger partial charge on any atom is -0.0776 e. The number of rotatable bonds is 2. The average Bonchev–Trinajstić information content (AvgIpc) is 2.49. The van der Waals surface area contributed by atoms with Crippen molar-refractivity contribution >= 4 is 0 Å². The van der Waals surface area contributed by atoms with E-state index in [-0.39, 0.29) is 7.43 Å². The summed E-state index contributed by atoms with van der Waals surface area (Å²) >= 11 is 0. The van der Waals surface area contributed by atoms with Crippen molar-refractivity contribution in [2.45, 2.75) is 7.43 Å². The maximum Gasteiger partial charge on any atom is -0.0184 e. The quantitative estimate of drug-likeness (QED) is 0.547. The van der Waals surface area contributed by atoms with Crippen molar-refractivity contribution in [3.8, 4) is 22.3 Å². The van der Waals surface area contributed by atoms with E-state index < -0.39 is 0 Å². The van der Waals surface area contributed by atoms with Crippen LogP contribution in [0, 0.1) is 0 Å². The minimum atomic E-state index is 0. The maximum atomic E-state index is 2.18. The molecule has 0 amide bonds. The molecule has 0 fully saturated rings. The Kier molecular flexibility index (Phi) is 4.15. The van der Waals surface area contributed by atoms with E-state index in [0.29, 0.717) is 0 Å². The van der Waals surface area contributed by atoms with Gasteiger partial charge in [0.15, 0.2) is 0 Å². The third-order valence-corrected chi connectivity index (χ3v) is 3.10. The molecule has 0 aliphatic rings. The van der Waals surface area contributed by atoms with E-state index in [0.717, 1.165) is 0 Å². The molecule has 0 radical (unpaired) electrons. The van der Waals surface area contributed by atoms with Gasteiger partial charge in [0.2, 0.25) is 0 Å². The first-order valence-electron chi connectivity index (χ1n) is 6.14. The summed E-state index contributed by atoms with van der Waals surface area (Å²) in [4.78, 5) is 0. The van der Waals surface area contributed by atoms with E-state index in [2.05, 4.69) is 72.8 Å². The summed E-state index contributed by atoms with van der Waals surface area (Å²) in [5.74, 6) is 0. The van der Waals surface area contributed by atoms with Gasteiger partial charge in [-0.3, -0.25) is 0 Å². The molecule has 3 rings (SSSR count). The average molecular weight is 246 g/mol. The molecule has 3 aromatic carbocycles. The highest BCUT2D eigenvalue weighted by atomic mass is 14.0. The van der Waals surface area contributed by atoms with E-state index in [1.54, 1.807) is 0 Å². The molecule has 0 aliphatic heterocycles. The molecule has 0 atom stereocenters. The summed E-state index contributed by atoms with van der Waals surface area (Å²) in [6.07, 6.45) is 0. The molecular formula is C19H18. The van der Waals surface area contributed by atoms with Crippen LogP contribution in [-0.2, 0) is 0 Å². The highest BCUT2D eigenvalue weighted by Gasteiger charge is 1.98. The topological polar surface area (TPSA) is 0 Å². The summed E-state index contributed by atoms with van der Waals surface area (Å²) in [7, 11) is 0. The lowest BCUT2D eigenvalue weighted by atomic mass is 10.0. The predicted molar refractivity (Wildman–Crippen MR) is 84.0 cm³/mol. The molecule has 0 unspecified atom stereocenters. The zero-order valence-electron chi connectivity index (χ0n) is 10.1. The fourth-order valence-electron chi connectivity index (χ4n) is 2.12. The van der Waals surface area contributed by atoms with Crippen LogP contribution >= 0.6 is 0 Å². The van der Waals surface area contributed by atoms with Crippen molar-refractivity contribution < 1.29 is 0 Å². The Bertz CT molecular complexity index is 549. The Hall–Kier alpha value is -2.34. The van der Waals surface area contributed by atoms with Gasteiger partial charge in [0, 0.05) is 0 Å². The van der Waals surface area contributed by atoms with Gasteiger partial charge >= 0.3 is 0 Å². The fraction of sp³-hybridized carbons (Fsp3) is 0.0526. The number of hydrogen-bond acceptors (Lipinski definition) is 0. The third kappa shape index (κ3) is 2.92. The number of benzene rings is 3. The Morgan fingerprint density at radius 1 is 0.316 bits per heavy atom. The lowest BCUT2D eigenvalue weighted by Crippen LogP contribution is -1.79. The van der Waals surface area contributed by atoms with E-state index >= 15 is 0 Å². The largest absolute Gasteiger partial charge is 0.0776 e. The zero-order chi connectivity index (χ0) is 12.2. The Balaban J connectivity index is 0.00000133. The highest BCUT2D eigenvalue weighted by Crippen LogP contribution is 2.24. The van der Waals surface area contributed by atoms with Gasteiger partial charge in [0.1, 0.15) is 0 Å². The second kappa shape index (κ2) is 6.01. The molecule has 0 spiro atoms. The van der Waals surface area contributed by atoms with Crippen LogP contribution in [0.15, 0.2) is 84.9 Å². The molecule has 94 valence electrons. The predicted octanol–water partition coefficient (Wildman–Crippen LogP) is 5.66. The summed E-state index contributed by atoms with van der Waals surface area (Å²) in [6.45, 7) is 0. The Morgan fingerprint density at radius 3 is 0.895 bits per heavy atom. The third-order valence-electron chi connectivity index (χ3n) is 3.10. The second-order valence-corrected chi connectivity index (χ2v) is 4.31. The van der Waals surface area contributed by atoms with E-state index in [1.165, 1.54) is 22.3 Å². The second-order valence-electron chi connectivity index (χ2n) is 4.31. The molecule has 0 aliphatic carbocycles. The van der Waals surface area contributed by atoms with E-state index in [1.807, 2.05) is 12.1 Å². The smallest absolute Gasteiger partial charge is 0.0184 e. The van der Waals surface area contributed by atoms with Crippen LogP contribution in [0.1, 0.15) is 7.43 Å². The van der Waals surface area contributed by atoms with Crippen LogP contribution < -0.4 is 0 Å². The monoisotopic (exact) mass is 246 g/mol. The van der Waals surface area contributed by atoms with Crippen LogP contribution in [-0.4, -0.2) is 0 Å². The van der Waals surface area contributed by atoms with Crippen LogP contribution in [0.25, 0.3) is 22.3 Å². The molecule has 0 heterocycles. The van der Waals surface area contributed by atoms with Crippen LogP contribution in [0.4, 0.5) is 0 Å². The fourth-order valence-corrected chi connectivity index (χ4v) is 2.12. The van der Waals surface area contributed by atoms with Gasteiger partial charge in [-0.2, -0.15) is 0 Å². The van der Waals surface area contributed by atoms with Gasteiger partial charge < -0.3 is 0 Å². The molecule has 0 nitrogen and oxygen atoms in total. The van der Waals surface area contributed by atoms with Gasteiger partial charge in [-0.25, -0.2) is 0 Å². The van der Waals surface area contributed by atoms with Gasteiger partial charge in [0.25, 0.3) is 0 Å². The molecular weight excluding hydrogens is 228 g/mol. The Labute approximate surface area is 115 Å². The van der Waals surface area contributed by atoms with Crippen LogP contribution in [0.5, 0.6) is 0 Å². The van der Waals surface area contributed by atoms with E-state index in [4.69, 9.17) is 0 Å². The van der Waals surface area contributed by atoms with Crippen LogP contribution in [0.2, 0.25) is 0 Å². The molecule has 0 saturated heterocycles. The zero-order valence-corrected chi connectivity index (χ0v) is 10.1. The van der Waals surface area contributed by atoms with Crippen molar-refractivity contribution in [2.24, 2.45) is 0 Å². The van der Waals surface area contributed by atoms with Crippen molar-refractivity contribution in [3.05, 3.63) is 84.9 Å². The van der Waals surface area contributed by atoms with E-state index in [9.17, 15) is 0 Å². The number of hydrogen-bond donors (Lipinski definition) is 0. The Morgan fingerprint density at radius 2 is 0.579 bits per heavy atom. The first kappa shape index (κ1) is 13.1. The lowest BCUT2D eigenvalue weighted by molar-refractivity contribution is 1.59. The first-order valence-corrected chi connectivity index (χ1v) is 6.14. The van der Waals surface area contributed by atoms with Crippen molar-refractivity contribution in [1.29, 1.82) is 0 Å². The highest BCUT2D eigenvalue weighted by molar-refractivity contribution is 5.70. The van der Waals surface area contributed by atoms with Crippen molar-refractivity contribution in [1.82, 2.24) is 0 Å². The molecule has 0 bridgehead atoms. The van der Waals surface area contributed by atoms with Gasteiger partial charge in [-0.1, -0.05) is 92.4 Å². The summed E-state index contributed by atoms with van der Waals surface area (Å²) < 4.78 is 0. The summed E-state index contributed by atoms with van der Waals surface area (Å²) in [5, 5.41) is 0. The van der Waals surface area contributed by atoms with Crippen molar-refractivity contribution in [2.75, 3.05) is 0 Å². The molecule has 19 heavy (non-hydrogen) atoms. The summed E-state index contributed by atoms with van der Waals surface area (Å²) in [5.41, 5.74) is 5.04. The first-order chi connectivity index (χ1) is 8.93. The van der Waals surface area contributed by atoms with Gasteiger partial charge in [0.05, 0.1) is 0 Å². The summed E-state index contributed by atoms with van der Waals surface area (Å²) in [6, 6.07) is 29.6. The molecule has 0 saturated carbocycles. The minimum absolute atomic E-state index is 0. The van der Waals surface area contributed by atoms with Gasteiger partial charge in [-0.15, -0.1) is 0 Å². The van der Waals surface area contributed by atoms with Gasteiger partial charge in [-0.05, 0) is 22.3 Å². The lowest BCUT2D eigenvalue weighted by Gasteiger charge is -2.04. The molecule has 0 heteroatoms. The van der Waals surface area contributed by atoms with Crippen LogP contribution in [0.3, 0.4) is 0 Å². The SMILES string of the molecule is C.c1ccc(-c2ccc(-c3ccccc3)cc2)cc1. The standard InChI is InChI=1S/C18H14.CH4/c1-3-7-15(8-4-1)17-11-13-18(14-12-17)16-9-5-2-6-10-16;/h1-14H;1H4. The molecule has 3 aromatic rings. The van der Waals surface area contributed by atoms with Crippen molar-refractivity contribution in [3.63, 3.8) is 0 Å².